The maximum atomic E-state index is 12.6. The van der Waals surface area contributed by atoms with Gasteiger partial charge in [0.2, 0.25) is 5.75 Å². The molecular formula is C18H15N3O6. The molecule has 138 valence electrons. The molecule has 2 aromatic rings. The average molecular weight is 369 g/mol. The zero-order chi connectivity index (χ0) is 19.6. The monoisotopic (exact) mass is 369 g/mol. The number of benzene rings is 2. The number of nitro groups is 1. The molecule has 0 saturated carbocycles. The van der Waals surface area contributed by atoms with Crippen LogP contribution in [0, 0.1) is 10.1 Å². The number of nitro benzene ring substituents is 1. The van der Waals surface area contributed by atoms with Crippen LogP contribution in [-0.4, -0.2) is 31.1 Å². The topological polar surface area (TPSA) is 111 Å². The number of nitrogens with one attached hydrogen (secondary N) is 1. The third-order valence-electron chi connectivity index (χ3n) is 3.92. The molecule has 0 aromatic heterocycles. The molecule has 9 nitrogen and oxygen atoms in total. The highest BCUT2D eigenvalue weighted by Crippen LogP contribution is 2.36. The highest BCUT2D eigenvalue weighted by atomic mass is 16.6. The summed E-state index contributed by atoms with van der Waals surface area (Å²) in [5, 5.41) is 13.7. The molecular weight excluding hydrogens is 354 g/mol. The summed E-state index contributed by atoms with van der Waals surface area (Å²) in [4.78, 5) is 36.5. The Morgan fingerprint density at radius 1 is 1.07 bits per heavy atom. The number of carbonyl (C=O) groups excluding carboxylic acids is 2. The van der Waals surface area contributed by atoms with E-state index >= 15 is 0 Å². The molecule has 1 aliphatic rings. The van der Waals surface area contributed by atoms with Crippen molar-refractivity contribution in [3.05, 3.63) is 63.8 Å². The number of imide groups is 1. The van der Waals surface area contributed by atoms with Gasteiger partial charge in [-0.05, 0) is 18.2 Å². The highest BCUT2D eigenvalue weighted by Gasteiger charge is 2.35. The quantitative estimate of drug-likeness (QED) is 0.375. The summed E-state index contributed by atoms with van der Waals surface area (Å²) in [6, 6.07) is 10.4. The van der Waals surface area contributed by atoms with Crippen molar-refractivity contribution < 1.29 is 24.0 Å². The van der Waals surface area contributed by atoms with E-state index in [2.05, 4.69) is 5.32 Å². The summed E-state index contributed by atoms with van der Waals surface area (Å²) in [6.07, 6.45) is 1.33. The Labute approximate surface area is 153 Å². The second-order valence-electron chi connectivity index (χ2n) is 5.49. The van der Waals surface area contributed by atoms with Gasteiger partial charge in [-0.3, -0.25) is 14.9 Å². The highest BCUT2D eigenvalue weighted by molar-refractivity contribution is 6.28. The first-order valence-corrected chi connectivity index (χ1v) is 7.79. The van der Waals surface area contributed by atoms with Crippen LogP contribution in [0.3, 0.4) is 0 Å². The molecule has 9 heteroatoms. The van der Waals surface area contributed by atoms with Gasteiger partial charge < -0.3 is 14.8 Å². The fourth-order valence-corrected chi connectivity index (χ4v) is 2.66. The first-order valence-electron chi connectivity index (χ1n) is 7.79. The number of rotatable bonds is 5. The SMILES string of the molecule is COc1cc(OC)c([N+](=O)[O-])cc1/C=C1/NC(=O)N(c2ccccc2)C1=O. The van der Waals surface area contributed by atoms with E-state index in [1.54, 1.807) is 30.3 Å². The van der Waals surface area contributed by atoms with Crippen LogP contribution in [0.5, 0.6) is 11.5 Å². The molecule has 0 spiro atoms. The summed E-state index contributed by atoms with van der Waals surface area (Å²) >= 11 is 0. The van der Waals surface area contributed by atoms with E-state index in [0.717, 1.165) is 4.90 Å². The van der Waals surface area contributed by atoms with Gasteiger partial charge in [-0.15, -0.1) is 0 Å². The Kier molecular flexibility index (Phi) is 4.75. The Bertz CT molecular complexity index is 955. The van der Waals surface area contributed by atoms with E-state index in [-0.39, 0.29) is 28.4 Å². The molecule has 0 radical (unpaired) electrons. The molecule has 0 aliphatic carbocycles. The zero-order valence-electron chi connectivity index (χ0n) is 14.5. The van der Waals surface area contributed by atoms with Crippen LogP contribution in [0.4, 0.5) is 16.2 Å². The van der Waals surface area contributed by atoms with Crippen LogP contribution < -0.4 is 19.7 Å². The number of carbonyl (C=O) groups is 2. The van der Waals surface area contributed by atoms with Crippen molar-refractivity contribution in [2.75, 3.05) is 19.1 Å². The minimum absolute atomic E-state index is 0.0201. The van der Waals surface area contributed by atoms with Crippen LogP contribution >= 0.6 is 0 Å². The lowest BCUT2D eigenvalue weighted by Crippen LogP contribution is -2.30. The van der Waals surface area contributed by atoms with Crippen molar-refractivity contribution in [2.24, 2.45) is 0 Å². The first-order chi connectivity index (χ1) is 13.0. The largest absolute Gasteiger partial charge is 0.496 e. The van der Waals surface area contributed by atoms with Gasteiger partial charge in [-0.25, -0.2) is 9.69 Å². The van der Waals surface area contributed by atoms with Gasteiger partial charge in [0.25, 0.3) is 5.91 Å². The summed E-state index contributed by atoms with van der Waals surface area (Å²) < 4.78 is 10.2. The van der Waals surface area contributed by atoms with Crippen LogP contribution in [-0.2, 0) is 4.79 Å². The van der Waals surface area contributed by atoms with Crippen molar-refractivity contribution >= 4 is 29.4 Å². The number of ether oxygens (including phenoxy) is 2. The third-order valence-corrected chi connectivity index (χ3v) is 3.92. The number of amides is 3. The van der Waals surface area contributed by atoms with Gasteiger partial charge in [0.05, 0.1) is 24.8 Å². The molecule has 1 saturated heterocycles. The Morgan fingerprint density at radius 2 is 1.74 bits per heavy atom. The van der Waals surface area contributed by atoms with E-state index in [1.165, 1.54) is 32.4 Å². The van der Waals surface area contributed by atoms with Crippen LogP contribution in [0.2, 0.25) is 0 Å². The molecule has 2 aromatic carbocycles. The van der Waals surface area contributed by atoms with Gasteiger partial charge in [-0.2, -0.15) is 0 Å². The molecule has 1 heterocycles. The molecule has 0 atom stereocenters. The minimum Gasteiger partial charge on any atom is -0.496 e. The molecule has 3 amide bonds. The minimum atomic E-state index is -0.612. The van der Waals surface area contributed by atoms with Crippen molar-refractivity contribution in [3.63, 3.8) is 0 Å². The average Bonchev–Trinajstić information content (AvgIpc) is 2.95. The second kappa shape index (κ2) is 7.16. The van der Waals surface area contributed by atoms with Gasteiger partial charge in [0, 0.05) is 17.7 Å². The van der Waals surface area contributed by atoms with E-state index in [0.29, 0.717) is 5.69 Å². The number of hydrogen-bond donors (Lipinski definition) is 1. The van der Waals surface area contributed by atoms with Gasteiger partial charge >= 0.3 is 11.7 Å². The van der Waals surface area contributed by atoms with Gasteiger partial charge in [0.15, 0.2) is 0 Å². The van der Waals surface area contributed by atoms with E-state index in [1.807, 2.05) is 0 Å². The van der Waals surface area contributed by atoms with Crippen molar-refractivity contribution in [3.8, 4) is 11.5 Å². The number of nitrogens with zero attached hydrogens (tertiary/aromatic N) is 2. The summed E-state index contributed by atoms with van der Waals surface area (Å²) in [5.74, 6) is -0.302. The van der Waals surface area contributed by atoms with Crippen molar-refractivity contribution in [1.82, 2.24) is 5.32 Å². The molecule has 3 rings (SSSR count). The zero-order valence-corrected chi connectivity index (χ0v) is 14.5. The standard InChI is InChI=1S/C18H15N3O6/c1-26-15-10-16(27-2)14(21(24)25)9-11(15)8-13-17(22)20(18(23)19-13)12-6-4-3-5-7-12/h3-10H,1-2H3,(H,19,23)/b13-8+. The number of methoxy groups -OCH3 is 2. The van der Waals surface area contributed by atoms with Gasteiger partial charge in [-0.1, -0.05) is 18.2 Å². The van der Waals surface area contributed by atoms with Gasteiger partial charge in [0.1, 0.15) is 11.4 Å². The second-order valence-corrected chi connectivity index (χ2v) is 5.49. The summed E-state index contributed by atoms with van der Waals surface area (Å²) in [6.45, 7) is 0. The van der Waals surface area contributed by atoms with E-state index < -0.39 is 16.9 Å². The van der Waals surface area contributed by atoms with Crippen LogP contribution in [0.15, 0.2) is 48.2 Å². The fraction of sp³-hybridized carbons (Fsp3) is 0.111. The smallest absolute Gasteiger partial charge is 0.333 e. The molecule has 1 aliphatic heterocycles. The number of anilines is 1. The Hall–Kier alpha value is -3.88. The third kappa shape index (κ3) is 3.30. The summed E-state index contributed by atoms with van der Waals surface area (Å²) in [5.41, 5.74) is 0.350. The lowest BCUT2D eigenvalue weighted by atomic mass is 10.1. The molecule has 0 bridgehead atoms. The van der Waals surface area contributed by atoms with E-state index in [4.69, 9.17) is 9.47 Å². The number of hydrogen-bond acceptors (Lipinski definition) is 6. The normalized spacial score (nSPS) is 15.0. The molecule has 1 fully saturated rings. The number of urea groups is 1. The predicted molar refractivity (Wildman–Crippen MR) is 96.6 cm³/mol. The summed E-state index contributed by atoms with van der Waals surface area (Å²) in [7, 11) is 2.69. The van der Waals surface area contributed by atoms with Crippen molar-refractivity contribution in [2.45, 2.75) is 0 Å². The lowest BCUT2D eigenvalue weighted by Gasteiger charge is -2.11. The fourth-order valence-electron chi connectivity index (χ4n) is 2.66. The lowest BCUT2D eigenvalue weighted by molar-refractivity contribution is -0.385. The molecule has 1 N–H and O–H groups in total. The predicted octanol–water partition coefficient (Wildman–Crippen LogP) is 2.71. The Morgan fingerprint density at radius 3 is 2.33 bits per heavy atom. The first kappa shape index (κ1) is 17.9. The van der Waals surface area contributed by atoms with Crippen LogP contribution in [0.1, 0.15) is 5.56 Å². The van der Waals surface area contributed by atoms with E-state index in [9.17, 15) is 19.7 Å². The molecule has 0 unspecified atom stereocenters. The van der Waals surface area contributed by atoms with Crippen molar-refractivity contribution in [1.29, 1.82) is 0 Å². The maximum absolute atomic E-state index is 12.6. The maximum Gasteiger partial charge on any atom is 0.333 e. The number of para-hydroxylation sites is 1. The van der Waals surface area contributed by atoms with Crippen LogP contribution in [0.25, 0.3) is 6.08 Å². The Balaban J connectivity index is 2.04. The molecule has 27 heavy (non-hydrogen) atoms.